The summed E-state index contributed by atoms with van der Waals surface area (Å²) in [6.45, 7) is 0. The van der Waals surface area contributed by atoms with E-state index in [1.165, 1.54) is 11.8 Å². The van der Waals surface area contributed by atoms with Gasteiger partial charge in [-0.3, -0.25) is 4.90 Å². The van der Waals surface area contributed by atoms with Crippen LogP contribution in [0.15, 0.2) is 95.0 Å². The zero-order chi connectivity index (χ0) is 19.8. The van der Waals surface area contributed by atoms with Crippen LogP contribution in [0.1, 0.15) is 17.3 Å². The normalized spacial score (nSPS) is 18.3. The number of rotatable bonds is 3. The fraction of sp³-hybridized carbons (Fsp3) is 0.0455. The van der Waals surface area contributed by atoms with E-state index in [1.54, 1.807) is 17.1 Å². The molecule has 142 valence electrons. The van der Waals surface area contributed by atoms with Crippen molar-refractivity contribution < 1.29 is 5.11 Å². The van der Waals surface area contributed by atoms with Crippen molar-refractivity contribution in [2.45, 2.75) is 6.17 Å². The predicted octanol–water partition coefficient (Wildman–Crippen LogP) is 4.96. The van der Waals surface area contributed by atoms with Crippen molar-refractivity contribution in [2.75, 3.05) is 4.90 Å². The van der Waals surface area contributed by atoms with Gasteiger partial charge in [-0.2, -0.15) is 10.1 Å². The minimum absolute atomic E-state index is 0.220. The lowest BCUT2D eigenvalue weighted by Crippen LogP contribution is -2.47. The van der Waals surface area contributed by atoms with Crippen LogP contribution in [0, 0.1) is 0 Å². The summed E-state index contributed by atoms with van der Waals surface area (Å²) in [5.41, 5.74) is 2.91. The molecule has 2 aliphatic heterocycles. The third-order valence-electron chi connectivity index (χ3n) is 4.67. The molecular formula is C22H16N4OS2. The molecule has 0 aromatic heterocycles. The molecule has 5 nitrogen and oxygen atoms in total. The quantitative estimate of drug-likeness (QED) is 0.612. The molecule has 7 heteroatoms. The molecule has 0 spiro atoms. The highest BCUT2D eigenvalue weighted by Gasteiger charge is 2.39. The summed E-state index contributed by atoms with van der Waals surface area (Å²) in [5, 5.41) is 18.3. The molecule has 0 radical (unpaired) electrons. The number of fused-ring (bicyclic) bond motifs is 1. The van der Waals surface area contributed by atoms with E-state index in [0.29, 0.717) is 5.11 Å². The lowest BCUT2D eigenvalue weighted by Gasteiger charge is -2.37. The van der Waals surface area contributed by atoms with Crippen LogP contribution in [0.5, 0.6) is 5.75 Å². The van der Waals surface area contributed by atoms with Crippen molar-refractivity contribution >= 4 is 45.0 Å². The Kier molecular flexibility index (Phi) is 4.54. The topological polar surface area (TPSA) is 51.4 Å². The standard InChI is InChI=1S/C22H16N4OS2/c27-18-13-11-15(12-14-18)19-23-21-26(22(28)25(19)17-9-5-2-6-10-17)24-20(29-21)16-7-3-1-4-8-16/h1-14,19,27H/t19-/m0/s1. The summed E-state index contributed by atoms with van der Waals surface area (Å²) in [6, 6.07) is 27.0. The van der Waals surface area contributed by atoms with E-state index in [1.807, 2.05) is 77.7 Å². The van der Waals surface area contributed by atoms with Gasteiger partial charge >= 0.3 is 0 Å². The van der Waals surface area contributed by atoms with Gasteiger partial charge in [-0.1, -0.05) is 60.7 Å². The van der Waals surface area contributed by atoms with Crippen molar-refractivity contribution in [3.63, 3.8) is 0 Å². The summed E-state index contributed by atoms with van der Waals surface area (Å²) >= 11 is 7.37. The summed E-state index contributed by atoms with van der Waals surface area (Å²) < 4.78 is 0. The maximum absolute atomic E-state index is 9.70. The number of aliphatic imine (C=N–C) groups is 1. The molecule has 2 heterocycles. The van der Waals surface area contributed by atoms with Crippen LogP contribution >= 0.6 is 24.0 Å². The van der Waals surface area contributed by atoms with Crippen LogP contribution in [0.3, 0.4) is 0 Å². The lowest BCUT2D eigenvalue weighted by atomic mass is 10.1. The highest BCUT2D eigenvalue weighted by atomic mass is 32.2. The van der Waals surface area contributed by atoms with Crippen LogP contribution in [0.2, 0.25) is 0 Å². The number of benzene rings is 3. The van der Waals surface area contributed by atoms with Crippen LogP contribution in [-0.2, 0) is 0 Å². The van der Waals surface area contributed by atoms with E-state index in [0.717, 1.165) is 27.0 Å². The number of thioether (sulfide) groups is 1. The van der Waals surface area contributed by atoms with Crippen molar-refractivity contribution in [3.8, 4) is 5.75 Å². The number of hydrogen-bond acceptors (Lipinski definition) is 5. The molecule has 0 saturated carbocycles. The average molecular weight is 417 g/mol. The van der Waals surface area contributed by atoms with Crippen molar-refractivity contribution in [2.24, 2.45) is 10.1 Å². The Morgan fingerprint density at radius 1 is 0.862 bits per heavy atom. The Labute approximate surface area is 178 Å². The maximum Gasteiger partial charge on any atom is 0.205 e. The van der Waals surface area contributed by atoms with Gasteiger partial charge in [0.15, 0.2) is 11.3 Å². The lowest BCUT2D eigenvalue weighted by molar-refractivity contribution is 0.474. The zero-order valence-electron chi connectivity index (χ0n) is 15.2. The first-order valence-corrected chi connectivity index (χ1v) is 10.3. The largest absolute Gasteiger partial charge is 0.508 e. The van der Waals surface area contributed by atoms with Gasteiger partial charge in [-0.25, -0.2) is 4.99 Å². The second-order valence-corrected chi connectivity index (χ2v) is 7.87. The number of hydrazone groups is 1. The highest BCUT2D eigenvalue weighted by molar-refractivity contribution is 8.27. The number of aromatic hydroxyl groups is 1. The monoisotopic (exact) mass is 416 g/mol. The third-order valence-corrected chi connectivity index (χ3v) is 6.01. The predicted molar refractivity (Wildman–Crippen MR) is 122 cm³/mol. The molecule has 1 N–H and O–H groups in total. The first-order chi connectivity index (χ1) is 14.2. The van der Waals surface area contributed by atoms with Gasteiger partial charge in [0.25, 0.3) is 0 Å². The molecule has 0 fully saturated rings. The fourth-order valence-corrected chi connectivity index (χ4v) is 4.57. The molecule has 2 aliphatic rings. The van der Waals surface area contributed by atoms with Crippen molar-refractivity contribution in [3.05, 3.63) is 96.1 Å². The Morgan fingerprint density at radius 2 is 1.52 bits per heavy atom. The second-order valence-electron chi connectivity index (χ2n) is 6.55. The molecule has 29 heavy (non-hydrogen) atoms. The van der Waals surface area contributed by atoms with Gasteiger partial charge < -0.3 is 5.11 Å². The summed E-state index contributed by atoms with van der Waals surface area (Å²) in [7, 11) is 0. The SMILES string of the molecule is Oc1ccc([C@H]2N=C3SC(c4ccccc4)=NN3C(=S)N2c2ccccc2)cc1. The van der Waals surface area contributed by atoms with Gasteiger partial charge in [0.1, 0.15) is 10.8 Å². The third kappa shape index (κ3) is 3.28. The minimum Gasteiger partial charge on any atom is -0.508 e. The first-order valence-electron chi connectivity index (χ1n) is 9.08. The number of hydrogen-bond donors (Lipinski definition) is 1. The molecule has 0 amide bonds. The number of amidine groups is 1. The maximum atomic E-state index is 9.70. The number of phenolic OH excluding ortho intramolecular Hbond substituents is 1. The Morgan fingerprint density at radius 3 is 2.21 bits per heavy atom. The smallest absolute Gasteiger partial charge is 0.205 e. The van der Waals surface area contributed by atoms with Crippen LogP contribution in [-0.4, -0.2) is 25.4 Å². The Hall–Kier alpha value is -3.16. The van der Waals surface area contributed by atoms with E-state index in [2.05, 4.69) is 0 Å². The van der Waals surface area contributed by atoms with Gasteiger partial charge in [0, 0.05) is 11.3 Å². The van der Waals surface area contributed by atoms with E-state index >= 15 is 0 Å². The number of anilines is 1. The minimum atomic E-state index is -0.338. The molecule has 1 atom stereocenters. The molecule has 0 saturated heterocycles. The van der Waals surface area contributed by atoms with Crippen LogP contribution in [0.25, 0.3) is 0 Å². The molecule has 0 bridgehead atoms. The molecule has 5 rings (SSSR count). The van der Waals surface area contributed by atoms with Gasteiger partial charge in [-0.05, 0) is 53.8 Å². The fourth-order valence-electron chi connectivity index (χ4n) is 3.27. The average Bonchev–Trinajstić information content (AvgIpc) is 3.20. The number of thiocarbonyl (C=S) groups is 1. The summed E-state index contributed by atoms with van der Waals surface area (Å²) in [4.78, 5) is 6.96. The Balaban J connectivity index is 1.60. The summed E-state index contributed by atoms with van der Waals surface area (Å²) in [6.07, 6.45) is -0.338. The van der Waals surface area contributed by atoms with E-state index in [9.17, 15) is 5.11 Å². The molecule has 0 aliphatic carbocycles. The van der Waals surface area contributed by atoms with Gasteiger partial charge in [-0.15, -0.1) is 0 Å². The van der Waals surface area contributed by atoms with E-state index in [4.69, 9.17) is 22.3 Å². The molecule has 3 aromatic rings. The van der Waals surface area contributed by atoms with Crippen LogP contribution in [0.4, 0.5) is 5.69 Å². The van der Waals surface area contributed by atoms with E-state index < -0.39 is 0 Å². The first kappa shape index (κ1) is 17.9. The van der Waals surface area contributed by atoms with Crippen molar-refractivity contribution in [1.82, 2.24) is 5.01 Å². The molecule has 3 aromatic carbocycles. The second kappa shape index (κ2) is 7.35. The molecule has 0 unspecified atom stereocenters. The van der Waals surface area contributed by atoms with Gasteiger partial charge in [0.2, 0.25) is 5.11 Å². The number of nitrogens with zero attached hydrogens (tertiary/aromatic N) is 4. The van der Waals surface area contributed by atoms with Crippen molar-refractivity contribution in [1.29, 1.82) is 0 Å². The van der Waals surface area contributed by atoms with E-state index in [-0.39, 0.29) is 11.9 Å². The zero-order valence-corrected chi connectivity index (χ0v) is 16.8. The Bertz CT molecular complexity index is 1110. The van der Waals surface area contributed by atoms with Crippen LogP contribution < -0.4 is 4.90 Å². The number of para-hydroxylation sites is 1. The summed E-state index contributed by atoms with van der Waals surface area (Å²) in [5.74, 6) is 0.220. The highest BCUT2D eigenvalue weighted by Crippen LogP contribution is 2.38. The number of phenols is 1. The molecular weight excluding hydrogens is 400 g/mol. The van der Waals surface area contributed by atoms with Gasteiger partial charge in [0.05, 0.1) is 0 Å².